The Morgan fingerprint density at radius 1 is 0.897 bits per heavy atom. The minimum atomic E-state index is -0.488. The maximum atomic E-state index is 12.2. The van der Waals surface area contributed by atoms with E-state index in [1.807, 2.05) is 32.0 Å². The molecule has 0 spiro atoms. The number of carbonyl (C=O) groups is 2. The summed E-state index contributed by atoms with van der Waals surface area (Å²) in [6.45, 7) is 3.62. The molecule has 4 rings (SSSR count). The second kappa shape index (κ2) is 7.62. The smallest absolute Gasteiger partial charge is 0.266 e. The molecular formula is C22H16N4O3. The molecule has 0 fully saturated rings. The van der Waals surface area contributed by atoms with Crippen molar-refractivity contribution in [1.82, 2.24) is 20.0 Å². The van der Waals surface area contributed by atoms with Gasteiger partial charge >= 0.3 is 0 Å². The molecule has 7 heteroatoms. The van der Waals surface area contributed by atoms with Crippen LogP contribution in [0.5, 0.6) is 0 Å². The Balaban J connectivity index is 1.48. The van der Waals surface area contributed by atoms with Crippen LogP contribution in [-0.2, 0) is 4.84 Å². The van der Waals surface area contributed by atoms with Crippen molar-refractivity contribution in [2.75, 3.05) is 6.61 Å². The standard InChI is InChI=1S/C22H16N4O3/c1-14-7-5-11-19(23-14)20-24-15(2)13-16(25-20)8-6-12-29-26-21(27)17-9-3-4-10-18(17)22(26)28/h3-5,7,9-11,13H,12H2,1-2H3. The summed E-state index contributed by atoms with van der Waals surface area (Å²) in [6, 6.07) is 14.0. The van der Waals surface area contributed by atoms with Gasteiger partial charge in [-0.05, 0) is 50.1 Å². The van der Waals surface area contributed by atoms with Crippen LogP contribution >= 0.6 is 0 Å². The van der Waals surface area contributed by atoms with Crippen molar-refractivity contribution in [3.8, 4) is 23.4 Å². The van der Waals surface area contributed by atoms with E-state index in [1.54, 1.807) is 30.3 Å². The molecule has 2 amide bonds. The number of benzene rings is 1. The van der Waals surface area contributed by atoms with Crippen LogP contribution in [0.4, 0.5) is 0 Å². The number of imide groups is 1. The molecule has 1 aliphatic rings. The first-order chi connectivity index (χ1) is 14.0. The van der Waals surface area contributed by atoms with Crippen LogP contribution in [0.1, 0.15) is 37.8 Å². The quantitative estimate of drug-likeness (QED) is 0.510. The number of amides is 2. The van der Waals surface area contributed by atoms with Crippen LogP contribution in [-0.4, -0.2) is 38.4 Å². The van der Waals surface area contributed by atoms with Crippen molar-refractivity contribution in [3.63, 3.8) is 0 Å². The lowest BCUT2D eigenvalue weighted by atomic mass is 10.1. The second-order valence-electron chi connectivity index (χ2n) is 6.41. The molecular weight excluding hydrogens is 368 g/mol. The summed E-state index contributed by atoms with van der Waals surface area (Å²) in [4.78, 5) is 43.1. The monoisotopic (exact) mass is 384 g/mol. The largest absolute Gasteiger partial charge is 0.285 e. The molecule has 0 N–H and O–H groups in total. The third-order valence-corrected chi connectivity index (χ3v) is 4.21. The van der Waals surface area contributed by atoms with Gasteiger partial charge in [-0.1, -0.05) is 24.1 Å². The fraction of sp³-hybridized carbons (Fsp3) is 0.136. The van der Waals surface area contributed by atoms with E-state index in [0.717, 1.165) is 16.5 Å². The summed E-state index contributed by atoms with van der Waals surface area (Å²) < 4.78 is 0. The number of rotatable bonds is 3. The molecule has 29 heavy (non-hydrogen) atoms. The first-order valence-corrected chi connectivity index (χ1v) is 8.92. The van der Waals surface area contributed by atoms with Crippen molar-refractivity contribution in [1.29, 1.82) is 0 Å². The van der Waals surface area contributed by atoms with Crippen molar-refractivity contribution in [2.45, 2.75) is 13.8 Å². The molecule has 3 heterocycles. The van der Waals surface area contributed by atoms with Crippen LogP contribution < -0.4 is 0 Å². The fourth-order valence-electron chi connectivity index (χ4n) is 2.92. The Kier molecular flexibility index (Phi) is 4.85. The van der Waals surface area contributed by atoms with Gasteiger partial charge in [0.1, 0.15) is 18.0 Å². The Bertz CT molecular complexity index is 1160. The number of hydrogen-bond donors (Lipinski definition) is 0. The van der Waals surface area contributed by atoms with Crippen molar-refractivity contribution >= 4 is 11.8 Å². The van der Waals surface area contributed by atoms with E-state index in [0.29, 0.717) is 28.3 Å². The fourth-order valence-corrected chi connectivity index (χ4v) is 2.92. The highest BCUT2D eigenvalue weighted by Crippen LogP contribution is 2.22. The predicted molar refractivity (Wildman–Crippen MR) is 105 cm³/mol. The summed E-state index contributed by atoms with van der Waals surface area (Å²) in [5, 5.41) is 0.743. The average Bonchev–Trinajstić information content (AvgIpc) is 2.96. The normalized spacial score (nSPS) is 12.6. The zero-order chi connectivity index (χ0) is 20.4. The molecule has 0 unspecified atom stereocenters. The number of pyridine rings is 1. The highest BCUT2D eigenvalue weighted by Gasteiger charge is 2.36. The number of hydroxylamine groups is 2. The van der Waals surface area contributed by atoms with Crippen LogP contribution in [0.2, 0.25) is 0 Å². The first-order valence-electron chi connectivity index (χ1n) is 8.92. The van der Waals surface area contributed by atoms with Gasteiger partial charge in [-0.15, -0.1) is 5.06 Å². The summed E-state index contributed by atoms with van der Waals surface area (Å²) in [5.41, 5.74) is 3.44. The molecule has 0 saturated heterocycles. The zero-order valence-corrected chi connectivity index (χ0v) is 15.8. The van der Waals surface area contributed by atoms with Gasteiger partial charge in [0.2, 0.25) is 0 Å². The average molecular weight is 384 g/mol. The Hall–Kier alpha value is -3.89. The lowest BCUT2D eigenvalue weighted by Crippen LogP contribution is -2.30. The van der Waals surface area contributed by atoms with Gasteiger partial charge in [0, 0.05) is 11.4 Å². The molecule has 3 aromatic rings. The highest BCUT2D eigenvalue weighted by atomic mass is 16.7. The molecule has 0 radical (unpaired) electrons. The summed E-state index contributed by atoms with van der Waals surface area (Å²) in [5.74, 6) is 5.18. The maximum Gasteiger partial charge on any atom is 0.285 e. The third-order valence-electron chi connectivity index (χ3n) is 4.21. The van der Waals surface area contributed by atoms with E-state index in [1.165, 1.54) is 0 Å². The molecule has 0 saturated carbocycles. The lowest BCUT2D eigenvalue weighted by molar-refractivity contribution is -0.0782. The summed E-state index contributed by atoms with van der Waals surface area (Å²) in [6.07, 6.45) is 0. The molecule has 0 bridgehead atoms. The number of hydrogen-bond acceptors (Lipinski definition) is 6. The van der Waals surface area contributed by atoms with Crippen molar-refractivity contribution in [3.05, 3.63) is 76.7 Å². The highest BCUT2D eigenvalue weighted by molar-refractivity contribution is 6.20. The van der Waals surface area contributed by atoms with E-state index in [4.69, 9.17) is 4.84 Å². The van der Waals surface area contributed by atoms with Gasteiger partial charge < -0.3 is 0 Å². The van der Waals surface area contributed by atoms with E-state index in [2.05, 4.69) is 26.8 Å². The van der Waals surface area contributed by atoms with Crippen LogP contribution in [0.15, 0.2) is 48.5 Å². The van der Waals surface area contributed by atoms with Crippen molar-refractivity contribution < 1.29 is 14.4 Å². The molecule has 0 atom stereocenters. The van der Waals surface area contributed by atoms with E-state index >= 15 is 0 Å². The summed E-state index contributed by atoms with van der Waals surface area (Å²) >= 11 is 0. The van der Waals surface area contributed by atoms with Crippen LogP contribution in [0.25, 0.3) is 11.5 Å². The lowest BCUT2D eigenvalue weighted by Gasteiger charge is -2.10. The van der Waals surface area contributed by atoms with E-state index in [-0.39, 0.29) is 6.61 Å². The van der Waals surface area contributed by atoms with Gasteiger partial charge in [-0.3, -0.25) is 9.59 Å². The number of carbonyl (C=O) groups excluding carboxylic acids is 2. The molecule has 7 nitrogen and oxygen atoms in total. The van der Waals surface area contributed by atoms with Crippen molar-refractivity contribution in [2.24, 2.45) is 0 Å². The molecule has 142 valence electrons. The summed E-state index contributed by atoms with van der Waals surface area (Å²) in [7, 11) is 0. The number of aryl methyl sites for hydroxylation is 2. The Morgan fingerprint density at radius 3 is 2.31 bits per heavy atom. The van der Waals surface area contributed by atoms with Gasteiger partial charge in [0.25, 0.3) is 11.8 Å². The van der Waals surface area contributed by atoms with E-state index in [9.17, 15) is 9.59 Å². The molecule has 2 aromatic heterocycles. The SMILES string of the molecule is Cc1cccc(-c2nc(C)cc(C#CCON3C(=O)c4ccccc4C3=O)n2)n1. The predicted octanol–water partition coefficient (Wildman–Crippen LogP) is 2.73. The van der Waals surface area contributed by atoms with Gasteiger partial charge in [0.05, 0.1) is 11.1 Å². The van der Waals surface area contributed by atoms with E-state index < -0.39 is 11.8 Å². The Morgan fingerprint density at radius 2 is 1.62 bits per heavy atom. The van der Waals surface area contributed by atoms with Crippen LogP contribution in [0, 0.1) is 25.7 Å². The topological polar surface area (TPSA) is 85.3 Å². The number of aromatic nitrogens is 3. The van der Waals surface area contributed by atoms with Gasteiger partial charge in [-0.2, -0.15) is 0 Å². The maximum absolute atomic E-state index is 12.2. The third kappa shape index (κ3) is 3.74. The van der Waals surface area contributed by atoms with Gasteiger partial charge in [0.15, 0.2) is 5.82 Å². The molecule has 1 aliphatic heterocycles. The minimum absolute atomic E-state index is 0.132. The van der Waals surface area contributed by atoms with Crippen LogP contribution in [0.3, 0.4) is 0 Å². The molecule has 0 aliphatic carbocycles. The zero-order valence-electron chi connectivity index (χ0n) is 15.8. The number of nitrogens with zero attached hydrogens (tertiary/aromatic N) is 4. The Labute approximate surface area is 167 Å². The minimum Gasteiger partial charge on any atom is -0.266 e. The van der Waals surface area contributed by atoms with Gasteiger partial charge in [-0.25, -0.2) is 19.8 Å². The molecule has 1 aromatic carbocycles. The number of fused-ring (bicyclic) bond motifs is 1. The second-order valence-corrected chi connectivity index (χ2v) is 6.41. The first kappa shape index (κ1) is 18.5.